The molecule has 0 unspecified atom stereocenters. The summed E-state index contributed by atoms with van der Waals surface area (Å²) in [4.78, 5) is 23.5. The Kier molecular flexibility index (Phi) is 4.77. The van der Waals surface area contributed by atoms with Gasteiger partial charge in [-0.1, -0.05) is 28.8 Å². The lowest BCUT2D eigenvalue weighted by molar-refractivity contribution is -0.126. The zero-order valence-electron chi connectivity index (χ0n) is 11.0. The van der Waals surface area contributed by atoms with Crippen LogP contribution in [-0.4, -0.2) is 22.5 Å². The predicted molar refractivity (Wildman–Crippen MR) is 77.8 cm³/mol. The molecule has 1 aliphatic rings. The smallest absolute Gasteiger partial charge is 0.269 e. The van der Waals surface area contributed by atoms with E-state index in [2.05, 4.69) is 26.8 Å². The van der Waals surface area contributed by atoms with Crippen LogP contribution < -0.4 is 10.9 Å². The van der Waals surface area contributed by atoms with Gasteiger partial charge in [0.1, 0.15) is 0 Å². The van der Waals surface area contributed by atoms with E-state index in [1.54, 1.807) is 24.3 Å². The van der Waals surface area contributed by atoms with E-state index in [4.69, 9.17) is 0 Å². The Morgan fingerprint density at radius 3 is 2.35 bits per heavy atom. The predicted octanol–water partition coefficient (Wildman–Crippen LogP) is 1.91. The Labute approximate surface area is 125 Å². The normalized spacial score (nSPS) is 16.7. The number of rotatable bonds is 3. The highest BCUT2D eigenvalue weighted by Gasteiger charge is 2.33. The largest absolute Gasteiger partial charge is 0.389 e. The van der Waals surface area contributed by atoms with Crippen LogP contribution in [-0.2, 0) is 4.79 Å². The molecule has 108 valence electrons. The van der Waals surface area contributed by atoms with Crippen molar-refractivity contribution in [1.82, 2.24) is 10.9 Å². The topological polar surface area (TPSA) is 78.4 Å². The van der Waals surface area contributed by atoms with Crippen LogP contribution in [0.4, 0.5) is 0 Å². The molecule has 1 aromatic carbocycles. The van der Waals surface area contributed by atoms with Gasteiger partial charge in [-0.25, -0.2) is 0 Å². The molecule has 0 atom stereocenters. The van der Waals surface area contributed by atoms with Crippen molar-refractivity contribution < 1.29 is 14.7 Å². The summed E-state index contributed by atoms with van der Waals surface area (Å²) in [6, 6.07) is 6.79. The third-order valence-corrected chi connectivity index (χ3v) is 3.97. The van der Waals surface area contributed by atoms with Gasteiger partial charge >= 0.3 is 0 Å². The Bertz CT molecular complexity index is 496. The summed E-state index contributed by atoms with van der Waals surface area (Å²) in [5.74, 6) is -0.760. The van der Waals surface area contributed by atoms with Crippen LogP contribution in [0.25, 0.3) is 0 Å². The van der Waals surface area contributed by atoms with Gasteiger partial charge < -0.3 is 5.11 Å². The van der Waals surface area contributed by atoms with E-state index in [9.17, 15) is 14.7 Å². The number of carbonyl (C=O) groups is 2. The summed E-state index contributed by atoms with van der Waals surface area (Å²) >= 11 is 3.28. The number of hydrogen-bond donors (Lipinski definition) is 3. The quantitative estimate of drug-likeness (QED) is 0.735. The number of aliphatic hydroxyl groups is 1. The standard InChI is InChI=1S/C14H17BrN2O3/c15-11-5-3-10(4-6-11)13(19)17-16-12(18)9-14(20)7-1-2-8-14/h3-6,20H,1-2,7-9H2,(H,16,18)(H,17,19). The fourth-order valence-electron chi connectivity index (χ4n) is 2.35. The van der Waals surface area contributed by atoms with Gasteiger partial charge in [0.15, 0.2) is 0 Å². The molecule has 0 spiro atoms. The van der Waals surface area contributed by atoms with Crippen LogP contribution in [0.5, 0.6) is 0 Å². The molecule has 1 saturated carbocycles. The molecule has 0 bridgehead atoms. The van der Waals surface area contributed by atoms with Gasteiger partial charge in [0.2, 0.25) is 5.91 Å². The van der Waals surface area contributed by atoms with Gasteiger partial charge in [-0.05, 0) is 37.1 Å². The number of nitrogens with one attached hydrogen (secondary N) is 2. The summed E-state index contributed by atoms with van der Waals surface area (Å²) in [6.07, 6.45) is 3.18. The maximum atomic E-state index is 11.8. The molecule has 20 heavy (non-hydrogen) atoms. The minimum atomic E-state index is -0.910. The average Bonchev–Trinajstić information content (AvgIpc) is 2.83. The number of hydrogen-bond acceptors (Lipinski definition) is 3. The molecule has 1 aliphatic carbocycles. The molecule has 0 aromatic heterocycles. The van der Waals surface area contributed by atoms with E-state index in [-0.39, 0.29) is 18.2 Å². The zero-order chi connectivity index (χ0) is 14.6. The highest BCUT2D eigenvalue weighted by molar-refractivity contribution is 9.10. The van der Waals surface area contributed by atoms with Gasteiger partial charge in [-0.2, -0.15) is 0 Å². The second-order valence-electron chi connectivity index (χ2n) is 5.12. The molecule has 0 saturated heterocycles. The number of benzene rings is 1. The number of carbonyl (C=O) groups excluding carboxylic acids is 2. The monoisotopic (exact) mass is 340 g/mol. The van der Waals surface area contributed by atoms with Crippen molar-refractivity contribution >= 4 is 27.7 Å². The molecule has 1 fully saturated rings. The fourth-order valence-corrected chi connectivity index (χ4v) is 2.62. The van der Waals surface area contributed by atoms with E-state index < -0.39 is 5.60 Å². The molecular weight excluding hydrogens is 324 g/mol. The number of amides is 2. The van der Waals surface area contributed by atoms with Crippen LogP contribution >= 0.6 is 15.9 Å². The Morgan fingerprint density at radius 1 is 1.15 bits per heavy atom. The van der Waals surface area contributed by atoms with Crippen molar-refractivity contribution in [2.45, 2.75) is 37.7 Å². The second-order valence-corrected chi connectivity index (χ2v) is 6.03. The third kappa shape index (κ3) is 4.05. The van der Waals surface area contributed by atoms with Crippen LogP contribution in [0.1, 0.15) is 42.5 Å². The maximum Gasteiger partial charge on any atom is 0.269 e. The second kappa shape index (κ2) is 6.37. The van der Waals surface area contributed by atoms with Crippen LogP contribution in [0.2, 0.25) is 0 Å². The maximum absolute atomic E-state index is 11.8. The Morgan fingerprint density at radius 2 is 1.75 bits per heavy atom. The Hall–Kier alpha value is -1.40. The number of halogens is 1. The van der Waals surface area contributed by atoms with E-state index >= 15 is 0 Å². The molecular formula is C14H17BrN2O3. The first kappa shape index (κ1) is 15.0. The first-order valence-electron chi connectivity index (χ1n) is 6.56. The highest BCUT2D eigenvalue weighted by atomic mass is 79.9. The van der Waals surface area contributed by atoms with E-state index in [0.717, 1.165) is 17.3 Å². The molecule has 5 nitrogen and oxygen atoms in total. The Balaban J connectivity index is 1.81. The zero-order valence-corrected chi connectivity index (χ0v) is 12.6. The molecule has 6 heteroatoms. The minimum Gasteiger partial charge on any atom is -0.389 e. The van der Waals surface area contributed by atoms with Crippen molar-refractivity contribution in [2.24, 2.45) is 0 Å². The van der Waals surface area contributed by atoms with Crippen molar-refractivity contribution in [1.29, 1.82) is 0 Å². The van der Waals surface area contributed by atoms with Crippen LogP contribution in [0.15, 0.2) is 28.7 Å². The van der Waals surface area contributed by atoms with E-state index in [0.29, 0.717) is 18.4 Å². The summed E-state index contributed by atoms with van der Waals surface area (Å²) < 4.78 is 0.876. The van der Waals surface area contributed by atoms with Crippen molar-refractivity contribution in [2.75, 3.05) is 0 Å². The molecule has 0 radical (unpaired) electrons. The summed E-state index contributed by atoms with van der Waals surface area (Å²) in [6.45, 7) is 0. The first-order valence-corrected chi connectivity index (χ1v) is 7.35. The van der Waals surface area contributed by atoms with Crippen molar-refractivity contribution in [3.63, 3.8) is 0 Å². The van der Waals surface area contributed by atoms with Crippen LogP contribution in [0, 0.1) is 0 Å². The van der Waals surface area contributed by atoms with Gasteiger partial charge in [0.05, 0.1) is 12.0 Å². The number of hydrazine groups is 1. The average molecular weight is 341 g/mol. The van der Waals surface area contributed by atoms with Gasteiger partial charge in [-0.15, -0.1) is 0 Å². The van der Waals surface area contributed by atoms with Gasteiger partial charge in [0, 0.05) is 10.0 Å². The van der Waals surface area contributed by atoms with Gasteiger partial charge in [0.25, 0.3) is 5.91 Å². The first-order chi connectivity index (χ1) is 9.48. The molecule has 0 aliphatic heterocycles. The van der Waals surface area contributed by atoms with Crippen molar-refractivity contribution in [3.8, 4) is 0 Å². The van der Waals surface area contributed by atoms with E-state index in [1.807, 2.05) is 0 Å². The van der Waals surface area contributed by atoms with Crippen molar-refractivity contribution in [3.05, 3.63) is 34.3 Å². The summed E-state index contributed by atoms with van der Waals surface area (Å²) in [7, 11) is 0. The lowest BCUT2D eigenvalue weighted by Gasteiger charge is -2.21. The SMILES string of the molecule is O=C(CC1(O)CCCC1)NNC(=O)c1ccc(Br)cc1. The fraction of sp³-hybridized carbons (Fsp3) is 0.429. The molecule has 2 rings (SSSR count). The third-order valence-electron chi connectivity index (χ3n) is 3.45. The highest BCUT2D eigenvalue weighted by Crippen LogP contribution is 2.31. The molecule has 3 N–H and O–H groups in total. The van der Waals surface area contributed by atoms with E-state index in [1.165, 1.54) is 0 Å². The van der Waals surface area contributed by atoms with Gasteiger partial charge in [-0.3, -0.25) is 20.4 Å². The lowest BCUT2D eigenvalue weighted by atomic mass is 9.98. The molecule has 0 heterocycles. The minimum absolute atomic E-state index is 0.0214. The molecule has 1 aromatic rings. The molecule has 2 amide bonds. The lowest BCUT2D eigenvalue weighted by Crippen LogP contribution is -2.44. The van der Waals surface area contributed by atoms with Crippen LogP contribution in [0.3, 0.4) is 0 Å². The summed E-state index contributed by atoms with van der Waals surface area (Å²) in [5, 5.41) is 10.1. The summed E-state index contributed by atoms with van der Waals surface area (Å²) in [5.41, 5.74) is 4.22.